The number of aromatic hydroxyl groups is 1. The number of aryl methyl sites for hydroxylation is 1. The van der Waals surface area contributed by atoms with Crippen LogP contribution in [0.25, 0.3) is 0 Å². The molecule has 102 valence electrons. The smallest absolute Gasteiger partial charge is 0.341 e. The van der Waals surface area contributed by atoms with Crippen molar-refractivity contribution < 1.29 is 14.6 Å². The first-order chi connectivity index (χ1) is 9.65. The summed E-state index contributed by atoms with van der Waals surface area (Å²) < 4.78 is 5.16. The van der Waals surface area contributed by atoms with Crippen molar-refractivity contribution in [2.24, 2.45) is 0 Å². The highest BCUT2D eigenvalue weighted by Crippen LogP contribution is 2.29. The minimum absolute atomic E-state index is 0.198. The molecule has 0 atom stereocenters. The van der Waals surface area contributed by atoms with Crippen molar-refractivity contribution in [3.8, 4) is 5.75 Å². The first-order valence-electron chi connectivity index (χ1n) is 6.45. The van der Waals surface area contributed by atoms with Crippen molar-refractivity contribution in [3.05, 3.63) is 59.2 Å². The van der Waals surface area contributed by atoms with Gasteiger partial charge in [-0.3, -0.25) is 0 Å². The Morgan fingerprint density at radius 1 is 1.25 bits per heavy atom. The van der Waals surface area contributed by atoms with Crippen LogP contribution in [0.4, 0.5) is 5.69 Å². The quantitative estimate of drug-likeness (QED) is 0.852. The summed E-state index contributed by atoms with van der Waals surface area (Å²) in [6.07, 6.45) is 0. The average molecular weight is 269 g/mol. The van der Waals surface area contributed by atoms with E-state index in [2.05, 4.69) is 0 Å². The zero-order valence-corrected chi connectivity index (χ0v) is 11.2. The number of phenols is 1. The normalized spacial score (nSPS) is 13.8. The molecule has 0 amide bonds. The molecule has 4 nitrogen and oxygen atoms in total. The Labute approximate surface area is 117 Å². The second kappa shape index (κ2) is 4.89. The second-order valence-corrected chi connectivity index (χ2v) is 4.91. The molecule has 0 radical (unpaired) electrons. The van der Waals surface area contributed by atoms with E-state index in [0.29, 0.717) is 12.1 Å². The van der Waals surface area contributed by atoms with Crippen molar-refractivity contribution >= 4 is 11.7 Å². The minimum atomic E-state index is -0.301. The third-order valence-electron chi connectivity index (χ3n) is 3.41. The second-order valence-electron chi connectivity index (χ2n) is 4.91. The van der Waals surface area contributed by atoms with Gasteiger partial charge in [-0.15, -0.1) is 0 Å². The van der Waals surface area contributed by atoms with Crippen LogP contribution in [-0.2, 0) is 11.3 Å². The standard InChI is InChI=1S/C16H15NO3/c1-11-6-7-15(18)12(8-11)9-17-10-20-16(19)13-4-2-3-5-14(13)17/h2-8,18H,9-10H2,1H3. The Kier molecular flexibility index (Phi) is 3.06. The third-order valence-corrected chi connectivity index (χ3v) is 3.41. The molecular formula is C16H15NO3. The Morgan fingerprint density at radius 2 is 2.05 bits per heavy atom. The highest BCUT2D eigenvalue weighted by Gasteiger charge is 2.24. The summed E-state index contributed by atoms with van der Waals surface area (Å²) in [7, 11) is 0. The summed E-state index contributed by atoms with van der Waals surface area (Å²) in [6, 6.07) is 12.8. The lowest BCUT2D eigenvalue weighted by molar-refractivity contribution is 0.0479. The Morgan fingerprint density at radius 3 is 2.90 bits per heavy atom. The van der Waals surface area contributed by atoms with E-state index in [1.54, 1.807) is 12.1 Å². The molecule has 0 spiro atoms. The van der Waals surface area contributed by atoms with Gasteiger partial charge in [0.15, 0.2) is 6.73 Å². The third kappa shape index (κ3) is 2.20. The average Bonchev–Trinajstić information content (AvgIpc) is 2.46. The maximum atomic E-state index is 11.7. The molecule has 0 saturated carbocycles. The van der Waals surface area contributed by atoms with Gasteiger partial charge in [-0.1, -0.05) is 29.8 Å². The van der Waals surface area contributed by atoms with Crippen LogP contribution in [0.3, 0.4) is 0 Å². The lowest BCUT2D eigenvalue weighted by Crippen LogP contribution is -2.33. The lowest BCUT2D eigenvalue weighted by atomic mass is 10.1. The number of cyclic esters (lactones) is 1. The molecule has 0 aromatic heterocycles. The highest BCUT2D eigenvalue weighted by atomic mass is 16.5. The number of anilines is 1. The summed E-state index contributed by atoms with van der Waals surface area (Å²) in [5.41, 5.74) is 3.30. The van der Waals surface area contributed by atoms with Crippen LogP contribution >= 0.6 is 0 Å². The van der Waals surface area contributed by atoms with Crippen LogP contribution in [0.2, 0.25) is 0 Å². The van der Waals surface area contributed by atoms with Crippen molar-refractivity contribution in [2.75, 3.05) is 11.6 Å². The van der Waals surface area contributed by atoms with E-state index in [0.717, 1.165) is 16.8 Å². The fourth-order valence-electron chi connectivity index (χ4n) is 2.38. The van der Waals surface area contributed by atoms with Crippen LogP contribution in [0.15, 0.2) is 42.5 Å². The minimum Gasteiger partial charge on any atom is -0.508 e. The summed E-state index contributed by atoms with van der Waals surface area (Å²) in [5.74, 6) is -0.0460. The van der Waals surface area contributed by atoms with E-state index in [1.165, 1.54) is 0 Å². The molecule has 1 heterocycles. The molecule has 0 bridgehead atoms. The molecule has 1 N–H and O–H groups in total. The van der Waals surface area contributed by atoms with E-state index >= 15 is 0 Å². The highest BCUT2D eigenvalue weighted by molar-refractivity contribution is 5.97. The van der Waals surface area contributed by atoms with Gasteiger partial charge in [0.05, 0.1) is 11.3 Å². The van der Waals surface area contributed by atoms with Crippen molar-refractivity contribution in [1.82, 2.24) is 0 Å². The van der Waals surface area contributed by atoms with Gasteiger partial charge in [0.25, 0.3) is 0 Å². The SMILES string of the molecule is Cc1ccc(O)c(CN2COC(=O)c3ccccc32)c1. The summed E-state index contributed by atoms with van der Waals surface area (Å²) >= 11 is 0. The van der Waals surface area contributed by atoms with E-state index in [1.807, 2.05) is 42.2 Å². The monoisotopic (exact) mass is 269 g/mol. The van der Waals surface area contributed by atoms with Gasteiger partial charge in [-0.05, 0) is 25.1 Å². The topological polar surface area (TPSA) is 49.8 Å². The maximum absolute atomic E-state index is 11.7. The number of nitrogens with zero attached hydrogens (tertiary/aromatic N) is 1. The number of fused-ring (bicyclic) bond motifs is 1. The number of benzene rings is 2. The predicted octanol–water partition coefficient (Wildman–Crippen LogP) is 2.84. The van der Waals surface area contributed by atoms with Gasteiger partial charge >= 0.3 is 5.97 Å². The Hall–Kier alpha value is -2.49. The number of hydrogen-bond donors (Lipinski definition) is 1. The maximum Gasteiger partial charge on any atom is 0.341 e. The zero-order valence-electron chi connectivity index (χ0n) is 11.2. The molecule has 0 fully saturated rings. The molecule has 0 unspecified atom stereocenters. The van der Waals surface area contributed by atoms with Gasteiger partial charge in [-0.25, -0.2) is 4.79 Å². The van der Waals surface area contributed by atoms with E-state index in [-0.39, 0.29) is 18.4 Å². The fraction of sp³-hybridized carbons (Fsp3) is 0.188. The van der Waals surface area contributed by atoms with Crippen LogP contribution in [0.1, 0.15) is 21.5 Å². The Bertz CT molecular complexity index is 667. The van der Waals surface area contributed by atoms with Gasteiger partial charge in [0.2, 0.25) is 0 Å². The number of ether oxygens (including phenoxy) is 1. The number of esters is 1. The van der Waals surface area contributed by atoms with Crippen molar-refractivity contribution in [2.45, 2.75) is 13.5 Å². The first kappa shape index (κ1) is 12.5. The van der Waals surface area contributed by atoms with Crippen molar-refractivity contribution in [3.63, 3.8) is 0 Å². The summed E-state index contributed by atoms with van der Waals surface area (Å²) in [6.45, 7) is 2.67. The predicted molar refractivity (Wildman–Crippen MR) is 75.8 cm³/mol. The molecule has 0 saturated heterocycles. The van der Waals surface area contributed by atoms with Gasteiger partial charge in [-0.2, -0.15) is 0 Å². The number of rotatable bonds is 2. The van der Waals surface area contributed by atoms with Crippen LogP contribution in [0, 0.1) is 6.92 Å². The number of phenolic OH excluding ortho intramolecular Hbond substituents is 1. The van der Waals surface area contributed by atoms with E-state index in [9.17, 15) is 9.90 Å². The summed E-state index contributed by atoms with van der Waals surface area (Å²) in [4.78, 5) is 13.6. The van der Waals surface area contributed by atoms with Crippen molar-refractivity contribution in [1.29, 1.82) is 0 Å². The van der Waals surface area contributed by atoms with Crippen LogP contribution in [0.5, 0.6) is 5.75 Å². The largest absolute Gasteiger partial charge is 0.508 e. The first-order valence-corrected chi connectivity index (χ1v) is 6.45. The molecule has 4 heteroatoms. The molecular weight excluding hydrogens is 254 g/mol. The Balaban J connectivity index is 1.94. The zero-order chi connectivity index (χ0) is 14.1. The molecule has 2 aromatic carbocycles. The van der Waals surface area contributed by atoms with Gasteiger partial charge in [0.1, 0.15) is 5.75 Å². The molecule has 3 rings (SSSR count). The molecule has 2 aromatic rings. The lowest BCUT2D eigenvalue weighted by Gasteiger charge is -2.30. The molecule has 1 aliphatic heterocycles. The number of carbonyl (C=O) groups excluding carboxylic acids is 1. The molecule has 0 aliphatic carbocycles. The number of para-hydroxylation sites is 1. The molecule has 20 heavy (non-hydrogen) atoms. The van der Waals surface area contributed by atoms with E-state index in [4.69, 9.17) is 4.74 Å². The van der Waals surface area contributed by atoms with Gasteiger partial charge < -0.3 is 14.7 Å². The number of carbonyl (C=O) groups is 1. The van der Waals surface area contributed by atoms with E-state index < -0.39 is 0 Å². The molecule has 1 aliphatic rings. The van der Waals surface area contributed by atoms with Gasteiger partial charge in [0, 0.05) is 12.1 Å². The van der Waals surface area contributed by atoms with Crippen LogP contribution < -0.4 is 4.90 Å². The van der Waals surface area contributed by atoms with Crippen LogP contribution in [-0.4, -0.2) is 17.8 Å². The summed E-state index contributed by atoms with van der Waals surface area (Å²) in [5, 5.41) is 9.93. The fourth-order valence-corrected chi connectivity index (χ4v) is 2.38. The number of hydrogen-bond acceptors (Lipinski definition) is 4.